The standard InChI is InChI=1S/C25H34N2O3S/c1-18(2)14-26-25(29)20(4)27(15-21-9-7-11-23(13-21)30-5)24(28)17-31-16-22-10-6-8-19(3)12-22/h6-13,18,20H,14-17H2,1-5H3,(H,26,29). The lowest BCUT2D eigenvalue weighted by molar-refractivity contribution is -0.138. The number of rotatable bonds is 11. The molecule has 0 bridgehead atoms. The van der Waals surface area contributed by atoms with E-state index in [9.17, 15) is 9.59 Å². The smallest absolute Gasteiger partial charge is 0.242 e. The summed E-state index contributed by atoms with van der Waals surface area (Å²) in [4.78, 5) is 27.5. The van der Waals surface area contributed by atoms with E-state index < -0.39 is 6.04 Å². The zero-order valence-corrected chi connectivity index (χ0v) is 20.0. The largest absolute Gasteiger partial charge is 0.497 e. The van der Waals surface area contributed by atoms with Gasteiger partial charge in [-0.3, -0.25) is 9.59 Å². The average molecular weight is 443 g/mol. The van der Waals surface area contributed by atoms with Crippen molar-refractivity contribution in [3.63, 3.8) is 0 Å². The topological polar surface area (TPSA) is 58.6 Å². The minimum Gasteiger partial charge on any atom is -0.497 e. The maximum Gasteiger partial charge on any atom is 0.242 e. The lowest BCUT2D eigenvalue weighted by Gasteiger charge is -2.29. The van der Waals surface area contributed by atoms with Gasteiger partial charge in [-0.05, 0) is 43.0 Å². The van der Waals surface area contributed by atoms with Crippen LogP contribution in [-0.2, 0) is 21.9 Å². The maximum atomic E-state index is 13.1. The van der Waals surface area contributed by atoms with E-state index in [2.05, 4.69) is 30.4 Å². The molecule has 5 nitrogen and oxygen atoms in total. The van der Waals surface area contributed by atoms with Crippen LogP contribution in [0.25, 0.3) is 0 Å². The van der Waals surface area contributed by atoms with Crippen molar-refractivity contribution >= 4 is 23.6 Å². The van der Waals surface area contributed by atoms with Gasteiger partial charge in [0, 0.05) is 18.8 Å². The molecule has 1 N–H and O–H groups in total. The van der Waals surface area contributed by atoms with E-state index in [1.54, 1.807) is 30.7 Å². The fourth-order valence-corrected chi connectivity index (χ4v) is 4.00. The summed E-state index contributed by atoms with van der Waals surface area (Å²) in [7, 11) is 1.62. The van der Waals surface area contributed by atoms with E-state index in [0.29, 0.717) is 24.8 Å². The summed E-state index contributed by atoms with van der Waals surface area (Å²) >= 11 is 1.57. The van der Waals surface area contributed by atoms with Gasteiger partial charge < -0.3 is 15.0 Å². The number of amides is 2. The second kappa shape index (κ2) is 12.4. The average Bonchev–Trinajstić information content (AvgIpc) is 2.75. The van der Waals surface area contributed by atoms with Gasteiger partial charge in [0.15, 0.2) is 0 Å². The summed E-state index contributed by atoms with van der Waals surface area (Å²) in [5.74, 6) is 1.98. The van der Waals surface area contributed by atoms with Crippen LogP contribution in [0.3, 0.4) is 0 Å². The van der Waals surface area contributed by atoms with Crippen molar-refractivity contribution in [1.29, 1.82) is 0 Å². The van der Waals surface area contributed by atoms with Crippen molar-refractivity contribution in [2.24, 2.45) is 5.92 Å². The lowest BCUT2D eigenvalue weighted by atomic mass is 10.1. The normalized spacial score (nSPS) is 11.8. The minimum absolute atomic E-state index is 0.0485. The number of benzene rings is 2. The Kier molecular flexibility index (Phi) is 9.92. The zero-order valence-electron chi connectivity index (χ0n) is 19.2. The van der Waals surface area contributed by atoms with Crippen LogP contribution in [0.2, 0.25) is 0 Å². The maximum absolute atomic E-state index is 13.1. The Morgan fingerprint density at radius 1 is 1.06 bits per heavy atom. The van der Waals surface area contributed by atoms with E-state index in [-0.39, 0.29) is 11.8 Å². The molecule has 168 valence electrons. The molecule has 6 heteroatoms. The molecule has 2 rings (SSSR count). The molecule has 2 aromatic carbocycles. The molecule has 0 aliphatic carbocycles. The van der Waals surface area contributed by atoms with Crippen LogP contribution in [0.15, 0.2) is 48.5 Å². The molecule has 0 fully saturated rings. The third-order valence-corrected chi connectivity index (χ3v) is 5.90. The van der Waals surface area contributed by atoms with Crippen molar-refractivity contribution in [3.05, 3.63) is 65.2 Å². The van der Waals surface area contributed by atoms with Gasteiger partial charge in [0.25, 0.3) is 0 Å². The molecule has 0 aliphatic rings. The summed E-state index contributed by atoms with van der Waals surface area (Å²) in [6.45, 7) is 8.90. The van der Waals surface area contributed by atoms with Crippen molar-refractivity contribution < 1.29 is 14.3 Å². The third kappa shape index (κ3) is 8.29. The Labute approximate surface area is 190 Å². The molecule has 0 spiro atoms. The van der Waals surface area contributed by atoms with Crippen LogP contribution >= 0.6 is 11.8 Å². The molecule has 0 saturated carbocycles. The van der Waals surface area contributed by atoms with E-state index in [4.69, 9.17) is 4.74 Å². The molecule has 2 aromatic rings. The number of nitrogens with zero attached hydrogens (tertiary/aromatic N) is 1. The van der Waals surface area contributed by atoms with Crippen LogP contribution < -0.4 is 10.1 Å². The van der Waals surface area contributed by atoms with Crippen LogP contribution in [0.5, 0.6) is 5.75 Å². The first-order chi connectivity index (χ1) is 14.8. The Morgan fingerprint density at radius 2 is 1.77 bits per heavy atom. The molecular formula is C25H34N2O3S. The van der Waals surface area contributed by atoms with Crippen LogP contribution in [0.4, 0.5) is 0 Å². The number of methoxy groups -OCH3 is 1. The number of carbonyl (C=O) groups is 2. The number of hydrogen-bond donors (Lipinski definition) is 1. The van der Waals surface area contributed by atoms with Gasteiger partial charge in [0.05, 0.1) is 12.9 Å². The fourth-order valence-electron chi connectivity index (χ4n) is 3.14. The molecule has 0 radical (unpaired) electrons. The number of ether oxygens (including phenoxy) is 1. The number of nitrogens with one attached hydrogen (secondary N) is 1. The second-order valence-corrected chi connectivity index (χ2v) is 9.16. The van der Waals surface area contributed by atoms with Crippen molar-refractivity contribution in [1.82, 2.24) is 10.2 Å². The Morgan fingerprint density at radius 3 is 2.45 bits per heavy atom. The number of thioether (sulfide) groups is 1. The highest BCUT2D eigenvalue weighted by Crippen LogP contribution is 2.19. The first-order valence-electron chi connectivity index (χ1n) is 10.6. The van der Waals surface area contributed by atoms with Gasteiger partial charge in [-0.25, -0.2) is 0 Å². The number of hydrogen-bond acceptors (Lipinski definition) is 4. The highest BCUT2D eigenvalue weighted by molar-refractivity contribution is 7.99. The Balaban J connectivity index is 2.08. The second-order valence-electron chi connectivity index (χ2n) is 8.17. The van der Waals surface area contributed by atoms with E-state index >= 15 is 0 Å². The summed E-state index contributed by atoms with van der Waals surface area (Å²) < 4.78 is 5.31. The quantitative estimate of drug-likeness (QED) is 0.559. The molecule has 0 heterocycles. The van der Waals surface area contributed by atoms with Gasteiger partial charge in [0.1, 0.15) is 11.8 Å². The summed E-state index contributed by atoms with van der Waals surface area (Å²) in [6.07, 6.45) is 0. The predicted octanol–water partition coefficient (Wildman–Crippen LogP) is 4.43. The third-order valence-electron chi connectivity index (χ3n) is 4.92. The lowest BCUT2D eigenvalue weighted by Crippen LogP contribution is -2.48. The SMILES string of the molecule is COc1cccc(CN(C(=O)CSCc2cccc(C)c2)C(C)C(=O)NCC(C)C)c1. The monoisotopic (exact) mass is 442 g/mol. The molecule has 31 heavy (non-hydrogen) atoms. The molecule has 0 aromatic heterocycles. The van der Waals surface area contributed by atoms with E-state index in [0.717, 1.165) is 17.1 Å². The van der Waals surface area contributed by atoms with Gasteiger partial charge in [-0.2, -0.15) is 0 Å². The number of aryl methyl sites for hydroxylation is 1. The van der Waals surface area contributed by atoms with Crippen LogP contribution in [0, 0.1) is 12.8 Å². The molecule has 0 aliphatic heterocycles. The molecule has 1 atom stereocenters. The summed E-state index contributed by atoms with van der Waals surface area (Å²) in [5.41, 5.74) is 3.33. The van der Waals surface area contributed by atoms with Gasteiger partial charge in [0.2, 0.25) is 11.8 Å². The van der Waals surface area contributed by atoms with Gasteiger partial charge in [-0.15, -0.1) is 11.8 Å². The molecular weight excluding hydrogens is 408 g/mol. The minimum atomic E-state index is -0.558. The van der Waals surface area contributed by atoms with Crippen LogP contribution in [-0.4, -0.2) is 42.2 Å². The highest BCUT2D eigenvalue weighted by atomic mass is 32.2. The van der Waals surface area contributed by atoms with Gasteiger partial charge >= 0.3 is 0 Å². The fraction of sp³-hybridized carbons (Fsp3) is 0.440. The Hall–Kier alpha value is -2.47. The summed E-state index contributed by atoms with van der Waals surface area (Å²) in [5, 5.41) is 2.95. The predicted molar refractivity (Wildman–Crippen MR) is 128 cm³/mol. The van der Waals surface area contributed by atoms with Crippen LogP contribution in [0.1, 0.15) is 37.5 Å². The molecule has 2 amide bonds. The van der Waals surface area contributed by atoms with Gasteiger partial charge in [-0.1, -0.05) is 55.8 Å². The first kappa shape index (κ1) is 24.8. The zero-order chi connectivity index (χ0) is 22.8. The highest BCUT2D eigenvalue weighted by Gasteiger charge is 2.26. The van der Waals surface area contributed by atoms with Crippen molar-refractivity contribution in [3.8, 4) is 5.75 Å². The van der Waals surface area contributed by atoms with Crippen molar-refractivity contribution in [2.45, 2.75) is 46.0 Å². The van der Waals surface area contributed by atoms with Crippen molar-refractivity contribution in [2.75, 3.05) is 19.4 Å². The van der Waals surface area contributed by atoms with E-state index in [1.807, 2.05) is 44.2 Å². The molecule has 0 saturated heterocycles. The summed E-state index contributed by atoms with van der Waals surface area (Å²) in [6, 6.07) is 15.3. The number of carbonyl (C=O) groups excluding carboxylic acids is 2. The van der Waals surface area contributed by atoms with E-state index in [1.165, 1.54) is 11.1 Å². The first-order valence-corrected chi connectivity index (χ1v) is 11.8. The Bertz CT molecular complexity index is 869. The molecule has 1 unspecified atom stereocenters.